The Hall–Kier alpha value is -4.01. The molecular weight excluding hydrogens is 394 g/mol. The Morgan fingerprint density at radius 1 is 1.10 bits per heavy atom. The molecule has 0 fully saturated rings. The third kappa shape index (κ3) is 4.35. The molecule has 1 heterocycles. The van der Waals surface area contributed by atoms with Crippen molar-refractivity contribution in [1.82, 2.24) is 5.32 Å². The highest BCUT2D eigenvalue weighted by Gasteiger charge is 2.20. The van der Waals surface area contributed by atoms with E-state index in [0.717, 1.165) is 25.5 Å². The average Bonchev–Trinajstić information content (AvgIpc) is 2.69. The first kappa shape index (κ1) is 20.7. The van der Waals surface area contributed by atoms with E-state index in [1.807, 2.05) is 6.92 Å². The summed E-state index contributed by atoms with van der Waals surface area (Å²) in [5.74, 6) is -2.07. The molecule has 156 valence electrons. The molecule has 2 aromatic carbocycles. The highest BCUT2D eigenvalue weighted by Crippen LogP contribution is 2.41. The molecule has 0 aliphatic carbocycles. The van der Waals surface area contributed by atoms with Gasteiger partial charge in [-0.05, 0) is 30.7 Å². The molecule has 0 bridgehead atoms. The van der Waals surface area contributed by atoms with Gasteiger partial charge >= 0.3 is 12.1 Å². The summed E-state index contributed by atoms with van der Waals surface area (Å²) in [5, 5.41) is 22.6. The molecule has 0 unspecified atom stereocenters. The third-order valence-corrected chi connectivity index (χ3v) is 4.04. The fraction of sp³-hybridized carbons (Fsp3) is 0.190. The van der Waals surface area contributed by atoms with E-state index < -0.39 is 34.7 Å². The number of ether oxygens (including phenoxy) is 2. The first-order chi connectivity index (χ1) is 14.3. The van der Waals surface area contributed by atoms with Gasteiger partial charge in [0.15, 0.2) is 16.9 Å². The van der Waals surface area contributed by atoms with Crippen LogP contribution in [0.4, 0.5) is 4.79 Å². The fourth-order valence-corrected chi connectivity index (χ4v) is 2.72. The van der Waals surface area contributed by atoms with Crippen LogP contribution in [0.15, 0.2) is 45.6 Å². The Morgan fingerprint density at radius 2 is 1.80 bits per heavy atom. The van der Waals surface area contributed by atoms with Crippen LogP contribution in [0.2, 0.25) is 0 Å². The monoisotopic (exact) mass is 413 g/mol. The molecular formula is C21H19NO8. The Bertz CT molecular complexity index is 1160. The zero-order valence-corrected chi connectivity index (χ0v) is 16.2. The third-order valence-electron chi connectivity index (χ3n) is 4.04. The van der Waals surface area contributed by atoms with Crippen molar-refractivity contribution in [1.29, 1.82) is 0 Å². The van der Waals surface area contributed by atoms with E-state index in [0.29, 0.717) is 17.9 Å². The van der Waals surface area contributed by atoms with Crippen LogP contribution in [0.3, 0.4) is 0 Å². The fourth-order valence-electron chi connectivity index (χ4n) is 2.72. The number of carbonyl (C=O) groups is 2. The molecule has 3 rings (SSSR count). The van der Waals surface area contributed by atoms with E-state index in [9.17, 15) is 24.6 Å². The van der Waals surface area contributed by atoms with Gasteiger partial charge in [-0.1, -0.05) is 6.92 Å². The number of carbonyl (C=O) groups excluding carboxylic acids is 2. The summed E-state index contributed by atoms with van der Waals surface area (Å²) in [5.41, 5.74) is -0.197. The highest BCUT2D eigenvalue weighted by atomic mass is 16.6. The lowest BCUT2D eigenvalue weighted by Crippen LogP contribution is -2.27. The van der Waals surface area contributed by atoms with E-state index in [1.54, 1.807) is 12.1 Å². The van der Waals surface area contributed by atoms with Gasteiger partial charge in [-0.3, -0.25) is 9.59 Å². The number of phenolic OH excluding ortho intramolecular Hbond substituents is 2. The first-order valence-electron chi connectivity index (χ1n) is 9.07. The molecule has 0 atom stereocenters. The molecule has 0 saturated carbocycles. The van der Waals surface area contributed by atoms with Crippen LogP contribution < -0.4 is 20.2 Å². The van der Waals surface area contributed by atoms with Crippen molar-refractivity contribution in [3.63, 3.8) is 0 Å². The maximum atomic E-state index is 12.5. The number of benzene rings is 2. The van der Waals surface area contributed by atoms with Crippen LogP contribution in [0.1, 0.15) is 20.3 Å². The van der Waals surface area contributed by atoms with Crippen molar-refractivity contribution in [2.45, 2.75) is 20.3 Å². The molecule has 1 amide bonds. The van der Waals surface area contributed by atoms with Crippen molar-refractivity contribution in [3.05, 3.63) is 46.6 Å². The van der Waals surface area contributed by atoms with Crippen LogP contribution in [0.25, 0.3) is 22.3 Å². The topological polar surface area (TPSA) is 135 Å². The molecule has 0 aliphatic rings. The second-order valence-corrected chi connectivity index (χ2v) is 6.36. The standard InChI is InChI=1S/C21H19NO8/c1-3-8-22-21(27)29-13-6-4-12(5-7-13)16-9-14(24)18-17(30-16)10-15(25)20(19(18)26)28-11(2)23/h4-7,9-10,25-26H,3,8H2,1-2H3,(H,22,27). The van der Waals surface area contributed by atoms with Crippen molar-refractivity contribution < 1.29 is 33.7 Å². The summed E-state index contributed by atoms with van der Waals surface area (Å²) in [6, 6.07) is 8.46. The molecule has 30 heavy (non-hydrogen) atoms. The zero-order chi connectivity index (χ0) is 21.8. The van der Waals surface area contributed by atoms with Crippen LogP contribution in [-0.4, -0.2) is 28.8 Å². The minimum atomic E-state index is -0.772. The number of hydrogen-bond acceptors (Lipinski definition) is 8. The summed E-state index contributed by atoms with van der Waals surface area (Å²) < 4.78 is 15.5. The molecule has 0 aliphatic heterocycles. The lowest BCUT2D eigenvalue weighted by molar-refractivity contribution is -0.132. The van der Waals surface area contributed by atoms with Gasteiger partial charge in [0, 0.05) is 31.2 Å². The van der Waals surface area contributed by atoms with Gasteiger partial charge in [0.05, 0.1) is 0 Å². The van der Waals surface area contributed by atoms with E-state index >= 15 is 0 Å². The van der Waals surface area contributed by atoms with Crippen molar-refractivity contribution in [2.75, 3.05) is 6.54 Å². The van der Waals surface area contributed by atoms with Crippen molar-refractivity contribution in [3.8, 4) is 34.3 Å². The Labute approximate surface area is 170 Å². The molecule has 0 radical (unpaired) electrons. The minimum absolute atomic E-state index is 0.0947. The number of rotatable bonds is 5. The quantitative estimate of drug-likeness (QED) is 0.428. The Balaban J connectivity index is 1.94. The zero-order valence-electron chi connectivity index (χ0n) is 16.2. The van der Waals surface area contributed by atoms with Gasteiger partial charge in [0.1, 0.15) is 22.5 Å². The summed E-state index contributed by atoms with van der Waals surface area (Å²) >= 11 is 0. The van der Waals surface area contributed by atoms with Gasteiger partial charge in [0.2, 0.25) is 5.75 Å². The second kappa shape index (κ2) is 8.56. The molecule has 0 spiro atoms. The molecule has 9 heteroatoms. The van der Waals surface area contributed by atoms with E-state index in [1.165, 1.54) is 12.1 Å². The molecule has 3 aromatic rings. The Morgan fingerprint density at radius 3 is 2.43 bits per heavy atom. The van der Waals surface area contributed by atoms with E-state index in [2.05, 4.69) is 5.32 Å². The summed E-state index contributed by atoms with van der Waals surface area (Å²) in [7, 11) is 0. The van der Waals surface area contributed by atoms with Crippen LogP contribution in [0.5, 0.6) is 23.0 Å². The molecule has 9 nitrogen and oxygen atoms in total. The molecule has 0 saturated heterocycles. The number of amides is 1. The normalized spacial score (nSPS) is 10.6. The lowest BCUT2D eigenvalue weighted by atomic mass is 10.1. The largest absolute Gasteiger partial charge is 0.504 e. The molecule has 3 N–H and O–H groups in total. The van der Waals surface area contributed by atoms with Crippen LogP contribution >= 0.6 is 0 Å². The first-order valence-corrected chi connectivity index (χ1v) is 9.07. The number of nitrogens with one attached hydrogen (secondary N) is 1. The van der Waals surface area contributed by atoms with Gasteiger partial charge in [-0.15, -0.1) is 0 Å². The number of esters is 1. The Kier molecular flexibility index (Phi) is 5.91. The lowest BCUT2D eigenvalue weighted by Gasteiger charge is -2.10. The maximum Gasteiger partial charge on any atom is 0.412 e. The highest BCUT2D eigenvalue weighted by molar-refractivity contribution is 5.90. The summed E-state index contributed by atoms with van der Waals surface area (Å²) in [6.07, 6.45) is 0.207. The summed E-state index contributed by atoms with van der Waals surface area (Å²) in [4.78, 5) is 35.3. The average molecular weight is 413 g/mol. The van der Waals surface area contributed by atoms with Gasteiger partial charge < -0.3 is 29.4 Å². The van der Waals surface area contributed by atoms with Crippen molar-refractivity contribution in [2.24, 2.45) is 0 Å². The number of hydrogen-bond donors (Lipinski definition) is 3. The van der Waals surface area contributed by atoms with Crippen LogP contribution in [0, 0.1) is 0 Å². The van der Waals surface area contributed by atoms with Gasteiger partial charge in [0.25, 0.3) is 0 Å². The van der Waals surface area contributed by atoms with Crippen molar-refractivity contribution >= 4 is 23.0 Å². The SMILES string of the molecule is CCCNC(=O)Oc1ccc(-c2cc(=O)c3c(O)c(OC(C)=O)c(O)cc3o2)cc1. The predicted molar refractivity (Wildman–Crippen MR) is 107 cm³/mol. The van der Waals surface area contributed by atoms with Crippen LogP contribution in [-0.2, 0) is 4.79 Å². The van der Waals surface area contributed by atoms with Gasteiger partial charge in [-0.2, -0.15) is 0 Å². The minimum Gasteiger partial charge on any atom is -0.504 e. The van der Waals surface area contributed by atoms with Gasteiger partial charge in [-0.25, -0.2) is 4.79 Å². The number of phenols is 2. The van der Waals surface area contributed by atoms with E-state index in [4.69, 9.17) is 13.9 Å². The number of fused-ring (bicyclic) bond motifs is 1. The second-order valence-electron chi connectivity index (χ2n) is 6.36. The predicted octanol–water partition coefficient (Wildman–Crippen LogP) is 3.29. The molecule has 1 aromatic heterocycles. The maximum absolute atomic E-state index is 12.5. The number of aromatic hydroxyl groups is 2. The van der Waals surface area contributed by atoms with E-state index in [-0.39, 0.29) is 16.7 Å². The smallest absolute Gasteiger partial charge is 0.412 e. The summed E-state index contributed by atoms with van der Waals surface area (Å²) in [6.45, 7) is 3.51.